The van der Waals surface area contributed by atoms with Gasteiger partial charge < -0.3 is 10.0 Å². The summed E-state index contributed by atoms with van der Waals surface area (Å²) in [5.74, 6) is 1.54. The fourth-order valence-corrected chi connectivity index (χ4v) is 2.68. The fourth-order valence-electron chi connectivity index (χ4n) is 2.68. The lowest BCUT2D eigenvalue weighted by molar-refractivity contribution is 0.199. The molecule has 94 valence electrons. The number of aliphatic hydroxyl groups is 1. The average Bonchev–Trinajstić information content (AvgIpc) is 2.78. The van der Waals surface area contributed by atoms with Gasteiger partial charge in [-0.15, -0.1) is 0 Å². The molecule has 0 aromatic heterocycles. The molecule has 0 amide bonds. The summed E-state index contributed by atoms with van der Waals surface area (Å²) in [7, 11) is 0. The number of para-hydroxylation sites is 1. The molecular weight excluding hydrogens is 210 g/mol. The van der Waals surface area contributed by atoms with Gasteiger partial charge in [-0.3, -0.25) is 0 Å². The number of hydrogen-bond donors (Lipinski definition) is 1. The highest BCUT2D eigenvalue weighted by Gasteiger charge is 2.26. The van der Waals surface area contributed by atoms with Crippen LogP contribution in [0.1, 0.15) is 38.9 Å². The third-order valence-electron chi connectivity index (χ3n) is 3.90. The summed E-state index contributed by atoms with van der Waals surface area (Å²) in [6, 6.07) is 8.22. The molecule has 1 unspecified atom stereocenters. The summed E-state index contributed by atoms with van der Waals surface area (Å²) in [6.45, 7) is 8.69. The first-order valence-corrected chi connectivity index (χ1v) is 6.61. The Kier molecular flexibility index (Phi) is 3.72. The lowest BCUT2D eigenvalue weighted by atomic mass is 9.95. The maximum atomic E-state index is 9.81. The minimum Gasteiger partial charge on any atom is -0.389 e. The summed E-state index contributed by atoms with van der Waals surface area (Å²) in [5.41, 5.74) is 2.27. The molecule has 1 aliphatic rings. The van der Waals surface area contributed by atoms with Crippen LogP contribution in [-0.4, -0.2) is 18.2 Å². The summed E-state index contributed by atoms with van der Waals surface area (Å²) >= 11 is 0. The van der Waals surface area contributed by atoms with E-state index in [1.165, 1.54) is 12.1 Å². The number of rotatable bonds is 3. The van der Waals surface area contributed by atoms with Crippen LogP contribution in [0.2, 0.25) is 0 Å². The Balaban J connectivity index is 2.18. The molecule has 2 atom stereocenters. The van der Waals surface area contributed by atoms with Gasteiger partial charge in [-0.1, -0.05) is 32.0 Å². The first-order chi connectivity index (χ1) is 8.09. The first kappa shape index (κ1) is 12.4. The van der Waals surface area contributed by atoms with Gasteiger partial charge in [0.2, 0.25) is 0 Å². The van der Waals surface area contributed by atoms with Gasteiger partial charge in [0.1, 0.15) is 0 Å². The summed E-state index contributed by atoms with van der Waals surface area (Å²) in [6.07, 6.45) is 0.885. The van der Waals surface area contributed by atoms with Gasteiger partial charge in [-0.2, -0.15) is 0 Å². The van der Waals surface area contributed by atoms with E-state index < -0.39 is 0 Å². The quantitative estimate of drug-likeness (QED) is 0.866. The van der Waals surface area contributed by atoms with Crippen LogP contribution >= 0.6 is 0 Å². The maximum Gasteiger partial charge on any atom is 0.0781 e. The van der Waals surface area contributed by atoms with Gasteiger partial charge in [0.25, 0.3) is 0 Å². The largest absolute Gasteiger partial charge is 0.389 e. The van der Waals surface area contributed by atoms with Gasteiger partial charge in [0.15, 0.2) is 0 Å². The maximum absolute atomic E-state index is 9.81. The normalized spacial score (nSPS) is 22.2. The van der Waals surface area contributed by atoms with Crippen molar-refractivity contribution >= 4 is 5.69 Å². The molecule has 0 bridgehead atoms. The van der Waals surface area contributed by atoms with Crippen LogP contribution in [0, 0.1) is 11.8 Å². The van der Waals surface area contributed by atoms with E-state index in [1.54, 1.807) is 0 Å². The Morgan fingerprint density at radius 3 is 2.53 bits per heavy atom. The summed E-state index contributed by atoms with van der Waals surface area (Å²) in [4.78, 5) is 2.42. The second-order valence-corrected chi connectivity index (χ2v) is 5.47. The number of anilines is 1. The van der Waals surface area contributed by atoms with Gasteiger partial charge in [-0.05, 0) is 31.2 Å². The monoisotopic (exact) mass is 233 g/mol. The van der Waals surface area contributed by atoms with E-state index in [4.69, 9.17) is 0 Å². The van der Waals surface area contributed by atoms with E-state index >= 15 is 0 Å². The van der Waals surface area contributed by atoms with E-state index in [2.05, 4.69) is 30.9 Å². The third-order valence-corrected chi connectivity index (χ3v) is 3.90. The predicted molar refractivity (Wildman–Crippen MR) is 72.2 cm³/mol. The van der Waals surface area contributed by atoms with Crippen molar-refractivity contribution in [3.8, 4) is 0 Å². The average molecular weight is 233 g/mol. The molecule has 1 N–H and O–H groups in total. The van der Waals surface area contributed by atoms with Gasteiger partial charge in [0, 0.05) is 24.3 Å². The van der Waals surface area contributed by atoms with E-state index in [-0.39, 0.29) is 6.10 Å². The highest BCUT2D eigenvalue weighted by Crippen LogP contribution is 2.32. The van der Waals surface area contributed by atoms with Crippen molar-refractivity contribution in [3.63, 3.8) is 0 Å². The fraction of sp³-hybridized carbons (Fsp3) is 0.600. The molecule has 1 heterocycles. The smallest absolute Gasteiger partial charge is 0.0781 e. The van der Waals surface area contributed by atoms with Crippen LogP contribution in [-0.2, 0) is 0 Å². The zero-order valence-electron chi connectivity index (χ0n) is 11.1. The van der Waals surface area contributed by atoms with Crippen molar-refractivity contribution in [2.75, 3.05) is 18.0 Å². The van der Waals surface area contributed by atoms with E-state index in [9.17, 15) is 5.11 Å². The number of hydrogen-bond acceptors (Lipinski definition) is 2. The molecule has 17 heavy (non-hydrogen) atoms. The minimum atomic E-state index is -0.385. The van der Waals surface area contributed by atoms with Crippen molar-refractivity contribution in [1.82, 2.24) is 0 Å². The van der Waals surface area contributed by atoms with Gasteiger partial charge >= 0.3 is 0 Å². The van der Waals surface area contributed by atoms with Gasteiger partial charge in [0.05, 0.1) is 6.10 Å². The third kappa shape index (κ3) is 2.63. The lowest BCUT2D eigenvalue weighted by Crippen LogP contribution is -2.22. The van der Waals surface area contributed by atoms with Crippen molar-refractivity contribution < 1.29 is 5.11 Å². The van der Waals surface area contributed by atoms with Crippen molar-refractivity contribution in [2.45, 2.75) is 33.3 Å². The van der Waals surface area contributed by atoms with Crippen LogP contribution < -0.4 is 4.90 Å². The van der Waals surface area contributed by atoms with Crippen molar-refractivity contribution in [3.05, 3.63) is 29.8 Å². The molecular formula is C15H23NO. The topological polar surface area (TPSA) is 23.5 Å². The molecule has 0 saturated carbocycles. The highest BCUT2D eigenvalue weighted by atomic mass is 16.3. The minimum absolute atomic E-state index is 0.385. The van der Waals surface area contributed by atoms with E-state index in [0.29, 0.717) is 0 Å². The van der Waals surface area contributed by atoms with E-state index in [0.717, 1.165) is 30.5 Å². The molecule has 1 aromatic carbocycles. The van der Waals surface area contributed by atoms with Crippen LogP contribution in [0.25, 0.3) is 0 Å². The second-order valence-electron chi connectivity index (χ2n) is 5.47. The lowest BCUT2D eigenvalue weighted by Gasteiger charge is -2.24. The van der Waals surface area contributed by atoms with Crippen LogP contribution in [0.3, 0.4) is 0 Å². The SMILES string of the molecule is CC(C)C1CCN(c2ccccc2[C@@H](C)O)C1. The molecule has 2 rings (SSSR count). The zero-order chi connectivity index (χ0) is 12.4. The molecule has 2 heteroatoms. The highest BCUT2D eigenvalue weighted by molar-refractivity contribution is 5.55. The number of aliphatic hydroxyl groups excluding tert-OH is 1. The molecule has 1 saturated heterocycles. The molecule has 0 spiro atoms. The number of nitrogens with zero attached hydrogens (tertiary/aromatic N) is 1. The Morgan fingerprint density at radius 2 is 1.94 bits per heavy atom. The molecule has 1 fully saturated rings. The molecule has 0 radical (unpaired) electrons. The molecule has 1 aromatic rings. The first-order valence-electron chi connectivity index (χ1n) is 6.61. The van der Waals surface area contributed by atoms with Crippen molar-refractivity contribution in [1.29, 1.82) is 0 Å². The Morgan fingerprint density at radius 1 is 1.24 bits per heavy atom. The second kappa shape index (κ2) is 5.09. The molecule has 2 nitrogen and oxygen atoms in total. The summed E-state index contributed by atoms with van der Waals surface area (Å²) < 4.78 is 0. The molecule has 1 aliphatic heterocycles. The predicted octanol–water partition coefficient (Wildman–Crippen LogP) is 3.22. The number of benzene rings is 1. The standard InChI is InChI=1S/C15H23NO/c1-11(2)13-8-9-16(10-13)15-7-5-4-6-14(15)12(3)17/h4-7,11-13,17H,8-10H2,1-3H3/t12-,13?/m1/s1. The van der Waals surface area contributed by atoms with Crippen LogP contribution in [0.4, 0.5) is 5.69 Å². The van der Waals surface area contributed by atoms with E-state index in [1.807, 2.05) is 19.1 Å². The Bertz CT molecular complexity index is 373. The Labute approximate surface area is 104 Å². The van der Waals surface area contributed by atoms with Gasteiger partial charge in [-0.25, -0.2) is 0 Å². The van der Waals surface area contributed by atoms with Crippen LogP contribution in [0.15, 0.2) is 24.3 Å². The van der Waals surface area contributed by atoms with Crippen LogP contribution in [0.5, 0.6) is 0 Å². The molecule has 0 aliphatic carbocycles. The summed E-state index contributed by atoms with van der Waals surface area (Å²) in [5, 5.41) is 9.81. The van der Waals surface area contributed by atoms with Crippen molar-refractivity contribution in [2.24, 2.45) is 11.8 Å². The zero-order valence-corrected chi connectivity index (χ0v) is 11.1. The Hall–Kier alpha value is -1.02.